The minimum Gasteiger partial charge on any atom is -0.399 e. The van der Waals surface area contributed by atoms with E-state index < -0.39 is 5.82 Å². The van der Waals surface area contributed by atoms with Crippen LogP contribution in [0.1, 0.15) is 30.1 Å². The monoisotopic (exact) mass is 240 g/mol. The van der Waals surface area contributed by atoms with Crippen molar-refractivity contribution in [1.29, 1.82) is 0 Å². The number of halogens is 1. The Morgan fingerprint density at radius 3 is 2.82 bits per heavy atom. The predicted molar refractivity (Wildman–Crippen MR) is 64.1 cm³/mol. The van der Waals surface area contributed by atoms with Crippen LogP contribution in [-0.4, -0.2) is 23.7 Å². The smallest absolute Gasteiger partial charge is 0.251 e. The Labute approximate surface area is 99.6 Å². The van der Waals surface area contributed by atoms with E-state index in [-0.39, 0.29) is 29.8 Å². The summed E-state index contributed by atoms with van der Waals surface area (Å²) in [5.74, 6) is -0.889. The molecule has 1 amide bonds. The van der Waals surface area contributed by atoms with Crippen LogP contribution in [-0.2, 0) is 0 Å². The molecule has 1 aromatic carbocycles. The van der Waals surface area contributed by atoms with Gasteiger partial charge in [0.05, 0.1) is 0 Å². The summed E-state index contributed by atoms with van der Waals surface area (Å²) in [5, 5.41) is 11.4. The molecule has 5 heteroatoms. The van der Waals surface area contributed by atoms with Gasteiger partial charge in [0.1, 0.15) is 5.82 Å². The molecule has 0 aromatic heterocycles. The number of aliphatic hydroxyl groups is 1. The zero-order chi connectivity index (χ0) is 12.8. The van der Waals surface area contributed by atoms with E-state index in [4.69, 9.17) is 10.8 Å². The highest BCUT2D eigenvalue weighted by Crippen LogP contribution is 2.11. The first kappa shape index (κ1) is 13.4. The molecule has 0 saturated heterocycles. The first-order valence-electron chi connectivity index (χ1n) is 5.50. The van der Waals surface area contributed by atoms with Crippen LogP contribution in [0.3, 0.4) is 0 Å². The lowest BCUT2D eigenvalue weighted by molar-refractivity contribution is 0.0936. The van der Waals surface area contributed by atoms with E-state index in [2.05, 4.69) is 5.32 Å². The summed E-state index contributed by atoms with van der Waals surface area (Å²) in [5.41, 5.74) is 5.88. The van der Waals surface area contributed by atoms with Crippen LogP contribution in [0.4, 0.5) is 10.1 Å². The second-order valence-electron chi connectivity index (χ2n) is 4.01. The molecule has 0 aliphatic carbocycles. The van der Waals surface area contributed by atoms with E-state index in [0.717, 1.165) is 12.1 Å². The quantitative estimate of drug-likeness (QED) is 0.679. The topological polar surface area (TPSA) is 75.3 Å². The van der Waals surface area contributed by atoms with Gasteiger partial charge in [0, 0.05) is 23.9 Å². The number of rotatable bonds is 5. The van der Waals surface area contributed by atoms with Crippen LogP contribution in [0.5, 0.6) is 0 Å². The van der Waals surface area contributed by atoms with Gasteiger partial charge in [-0.25, -0.2) is 4.39 Å². The van der Waals surface area contributed by atoms with E-state index in [1.807, 2.05) is 6.92 Å². The molecule has 0 radical (unpaired) electrons. The molecule has 1 atom stereocenters. The molecular weight excluding hydrogens is 223 g/mol. The normalized spacial score (nSPS) is 12.2. The minimum absolute atomic E-state index is 0.0702. The zero-order valence-corrected chi connectivity index (χ0v) is 9.74. The molecule has 0 spiro atoms. The van der Waals surface area contributed by atoms with E-state index >= 15 is 0 Å². The van der Waals surface area contributed by atoms with Crippen molar-refractivity contribution in [2.45, 2.75) is 25.8 Å². The Balaban J connectivity index is 2.63. The van der Waals surface area contributed by atoms with Crippen molar-refractivity contribution in [1.82, 2.24) is 5.32 Å². The third kappa shape index (κ3) is 4.40. The van der Waals surface area contributed by atoms with Crippen molar-refractivity contribution in [3.8, 4) is 0 Å². The van der Waals surface area contributed by atoms with Crippen LogP contribution in [0.15, 0.2) is 18.2 Å². The molecule has 1 aromatic rings. The minimum atomic E-state index is -0.529. The molecule has 4 N–H and O–H groups in total. The standard InChI is InChI=1S/C12H17FN2O2/c1-8(3-2-4-16)15-12(17)9-5-10(13)7-11(14)6-9/h5-8,16H,2-4,14H2,1H3,(H,15,17). The van der Waals surface area contributed by atoms with Crippen molar-refractivity contribution in [3.63, 3.8) is 0 Å². The maximum absolute atomic E-state index is 13.0. The number of carbonyl (C=O) groups is 1. The second-order valence-corrected chi connectivity index (χ2v) is 4.01. The average Bonchev–Trinajstić information content (AvgIpc) is 2.25. The number of benzene rings is 1. The lowest BCUT2D eigenvalue weighted by atomic mass is 10.1. The maximum atomic E-state index is 13.0. The number of amides is 1. The third-order valence-corrected chi connectivity index (χ3v) is 2.36. The van der Waals surface area contributed by atoms with Crippen LogP contribution in [0.25, 0.3) is 0 Å². The van der Waals surface area contributed by atoms with E-state index in [1.165, 1.54) is 6.07 Å². The molecule has 94 valence electrons. The van der Waals surface area contributed by atoms with Crippen LogP contribution >= 0.6 is 0 Å². The van der Waals surface area contributed by atoms with E-state index in [9.17, 15) is 9.18 Å². The van der Waals surface area contributed by atoms with Crippen molar-refractivity contribution < 1.29 is 14.3 Å². The molecule has 1 rings (SSSR count). The molecule has 0 aliphatic heterocycles. The van der Waals surface area contributed by atoms with Crippen LogP contribution in [0, 0.1) is 5.82 Å². The lowest BCUT2D eigenvalue weighted by Gasteiger charge is -2.13. The van der Waals surface area contributed by atoms with Gasteiger partial charge in [0.15, 0.2) is 0 Å². The van der Waals surface area contributed by atoms with Crippen molar-refractivity contribution in [2.75, 3.05) is 12.3 Å². The number of hydrogen-bond acceptors (Lipinski definition) is 3. The number of carbonyl (C=O) groups excluding carboxylic acids is 1. The number of hydrogen-bond donors (Lipinski definition) is 3. The Bertz CT molecular complexity index is 376. The summed E-state index contributed by atoms with van der Waals surface area (Å²) in [6.07, 6.45) is 1.29. The van der Waals surface area contributed by atoms with E-state index in [0.29, 0.717) is 12.8 Å². The Morgan fingerprint density at radius 1 is 1.53 bits per heavy atom. The number of aliphatic hydroxyl groups excluding tert-OH is 1. The Hall–Kier alpha value is -1.62. The van der Waals surface area contributed by atoms with Gasteiger partial charge in [-0.3, -0.25) is 4.79 Å². The number of anilines is 1. The van der Waals surface area contributed by atoms with E-state index in [1.54, 1.807) is 0 Å². The molecule has 1 unspecified atom stereocenters. The summed E-state index contributed by atoms with van der Waals surface area (Å²) in [6, 6.07) is 3.66. The molecule has 4 nitrogen and oxygen atoms in total. The molecule has 0 saturated carbocycles. The van der Waals surface area contributed by atoms with Crippen LogP contribution in [0.2, 0.25) is 0 Å². The van der Waals surface area contributed by atoms with Gasteiger partial charge in [-0.05, 0) is 38.0 Å². The molecule has 0 aliphatic rings. The highest BCUT2D eigenvalue weighted by Gasteiger charge is 2.11. The second kappa shape index (κ2) is 6.20. The number of nitrogens with one attached hydrogen (secondary N) is 1. The predicted octanol–water partition coefficient (Wildman–Crippen LogP) is 1.30. The fraction of sp³-hybridized carbons (Fsp3) is 0.417. The summed E-state index contributed by atoms with van der Waals surface area (Å²) in [6.45, 7) is 1.92. The summed E-state index contributed by atoms with van der Waals surface area (Å²) in [4.78, 5) is 11.7. The third-order valence-electron chi connectivity index (χ3n) is 2.36. The van der Waals surface area contributed by atoms with Crippen LogP contribution < -0.4 is 11.1 Å². The van der Waals surface area contributed by atoms with Gasteiger partial charge in [0.25, 0.3) is 5.91 Å². The fourth-order valence-corrected chi connectivity index (χ4v) is 1.52. The highest BCUT2D eigenvalue weighted by atomic mass is 19.1. The van der Waals surface area contributed by atoms with Gasteiger partial charge in [-0.15, -0.1) is 0 Å². The Morgan fingerprint density at radius 2 is 2.24 bits per heavy atom. The Kier molecular flexibility index (Phi) is 4.90. The maximum Gasteiger partial charge on any atom is 0.251 e. The fourth-order valence-electron chi connectivity index (χ4n) is 1.52. The molecule has 17 heavy (non-hydrogen) atoms. The van der Waals surface area contributed by atoms with Gasteiger partial charge >= 0.3 is 0 Å². The lowest BCUT2D eigenvalue weighted by Crippen LogP contribution is -2.32. The molecular formula is C12H17FN2O2. The van der Waals surface area contributed by atoms with Gasteiger partial charge in [-0.2, -0.15) is 0 Å². The number of nitrogens with two attached hydrogens (primary N) is 1. The van der Waals surface area contributed by atoms with Crippen molar-refractivity contribution >= 4 is 11.6 Å². The summed E-state index contributed by atoms with van der Waals surface area (Å²) < 4.78 is 13.0. The van der Waals surface area contributed by atoms with Crippen molar-refractivity contribution in [2.24, 2.45) is 0 Å². The largest absolute Gasteiger partial charge is 0.399 e. The SMILES string of the molecule is CC(CCCO)NC(=O)c1cc(N)cc(F)c1. The summed E-state index contributed by atoms with van der Waals surface area (Å²) >= 11 is 0. The molecule has 0 bridgehead atoms. The average molecular weight is 240 g/mol. The zero-order valence-electron chi connectivity index (χ0n) is 9.74. The van der Waals surface area contributed by atoms with Gasteiger partial charge in [0.2, 0.25) is 0 Å². The molecule has 0 heterocycles. The first-order valence-corrected chi connectivity index (χ1v) is 5.50. The first-order chi connectivity index (χ1) is 8.02. The van der Waals surface area contributed by atoms with Gasteiger partial charge in [-0.1, -0.05) is 0 Å². The van der Waals surface area contributed by atoms with Crippen molar-refractivity contribution in [3.05, 3.63) is 29.6 Å². The highest BCUT2D eigenvalue weighted by molar-refractivity contribution is 5.95. The number of nitrogen functional groups attached to an aromatic ring is 1. The molecule has 0 fully saturated rings. The van der Waals surface area contributed by atoms with Gasteiger partial charge < -0.3 is 16.2 Å². The summed E-state index contributed by atoms with van der Waals surface area (Å²) in [7, 11) is 0.